The Balaban J connectivity index is 1.92. The number of hydrogen-bond acceptors (Lipinski definition) is 2. The van der Waals surface area contributed by atoms with Gasteiger partial charge in [-0.2, -0.15) is 0 Å². The molecule has 1 saturated carbocycles. The molecule has 17 heavy (non-hydrogen) atoms. The Morgan fingerprint density at radius 2 is 2.00 bits per heavy atom. The quantitative estimate of drug-likeness (QED) is 0.801. The number of carbonyl (C=O) groups is 1. The van der Waals surface area contributed by atoms with E-state index in [1.54, 1.807) is 0 Å². The number of likely N-dealkylation sites (tertiary alicyclic amines) is 1. The van der Waals surface area contributed by atoms with Crippen LogP contribution in [0.25, 0.3) is 0 Å². The van der Waals surface area contributed by atoms with Crippen LogP contribution in [-0.2, 0) is 4.79 Å². The van der Waals surface area contributed by atoms with Gasteiger partial charge in [-0.3, -0.25) is 9.69 Å². The van der Waals surface area contributed by atoms with Crippen molar-refractivity contribution in [1.82, 2.24) is 10.2 Å². The van der Waals surface area contributed by atoms with Crippen molar-refractivity contribution in [3.63, 3.8) is 0 Å². The Labute approximate surface area is 103 Å². The number of nitrogens with zero attached hydrogens (tertiary/aromatic N) is 1. The molecule has 1 aliphatic carbocycles. The second-order valence-corrected chi connectivity index (χ2v) is 5.90. The van der Waals surface area contributed by atoms with Gasteiger partial charge in [-0.15, -0.1) is 0 Å². The summed E-state index contributed by atoms with van der Waals surface area (Å²) in [6.07, 6.45) is 5.23. The van der Waals surface area contributed by atoms with E-state index in [9.17, 15) is 9.18 Å². The standard InChI is InChI=1S/C13H23FN2O/c1-13(6-4-3-5-7-13)15-12(17)11-8-10(14)9-16(11)2/h10-11H,3-9H2,1-2H3,(H,15,17). The van der Waals surface area contributed by atoms with Crippen LogP contribution in [-0.4, -0.2) is 42.2 Å². The molecule has 0 radical (unpaired) electrons. The van der Waals surface area contributed by atoms with E-state index in [1.165, 1.54) is 19.3 Å². The Morgan fingerprint density at radius 3 is 2.53 bits per heavy atom. The van der Waals surface area contributed by atoms with Crippen LogP contribution in [0, 0.1) is 0 Å². The van der Waals surface area contributed by atoms with E-state index in [4.69, 9.17) is 0 Å². The highest BCUT2D eigenvalue weighted by Crippen LogP contribution is 2.28. The van der Waals surface area contributed by atoms with Gasteiger partial charge in [-0.05, 0) is 26.8 Å². The predicted molar refractivity (Wildman–Crippen MR) is 65.6 cm³/mol. The normalized spacial score (nSPS) is 33.6. The molecule has 1 heterocycles. The molecule has 0 aromatic carbocycles. The number of hydrogen-bond donors (Lipinski definition) is 1. The smallest absolute Gasteiger partial charge is 0.237 e. The van der Waals surface area contributed by atoms with Crippen molar-refractivity contribution in [2.24, 2.45) is 0 Å². The summed E-state index contributed by atoms with van der Waals surface area (Å²) in [7, 11) is 1.83. The molecular formula is C13H23FN2O. The van der Waals surface area contributed by atoms with E-state index in [2.05, 4.69) is 12.2 Å². The topological polar surface area (TPSA) is 32.3 Å². The molecule has 1 aliphatic heterocycles. The summed E-state index contributed by atoms with van der Waals surface area (Å²) in [4.78, 5) is 14.0. The molecule has 2 atom stereocenters. The molecule has 1 N–H and O–H groups in total. The molecule has 0 bridgehead atoms. The maximum absolute atomic E-state index is 13.2. The summed E-state index contributed by atoms with van der Waals surface area (Å²) >= 11 is 0. The zero-order valence-electron chi connectivity index (χ0n) is 10.8. The van der Waals surface area contributed by atoms with Gasteiger partial charge in [-0.1, -0.05) is 19.3 Å². The van der Waals surface area contributed by atoms with Gasteiger partial charge in [0.1, 0.15) is 6.17 Å². The molecule has 2 unspecified atom stereocenters. The molecule has 1 amide bonds. The third-order valence-corrected chi connectivity index (χ3v) is 4.18. The van der Waals surface area contributed by atoms with Crippen LogP contribution in [0.3, 0.4) is 0 Å². The lowest BCUT2D eigenvalue weighted by molar-refractivity contribution is -0.127. The molecule has 2 aliphatic rings. The van der Waals surface area contributed by atoms with Crippen LogP contribution in [0.15, 0.2) is 0 Å². The van der Waals surface area contributed by atoms with Gasteiger partial charge in [0.05, 0.1) is 6.04 Å². The summed E-state index contributed by atoms with van der Waals surface area (Å²) in [5.74, 6) is 0.0112. The van der Waals surface area contributed by atoms with E-state index in [0.717, 1.165) is 12.8 Å². The Kier molecular flexibility index (Phi) is 3.71. The second-order valence-electron chi connectivity index (χ2n) is 5.90. The third-order valence-electron chi connectivity index (χ3n) is 4.18. The first kappa shape index (κ1) is 12.8. The second kappa shape index (κ2) is 4.92. The van der Waals surface area contributed by atoms with Crippen molar-refractivity contribution in [2.75, 3.05) is 13.6 Å². The molecule has 0 aromatic heterocycles. The molecule has 1 saturated heterocycles. The Hall–Kier alpha value is -0.640. The minimum atomic E-state index is -0.852. The van der Waals surface area contributed by atoms with Crippen molar-refractivity contribution >= 4 is 5.91 Å². The lowest BCUT2D eigenvalue weighted by Crippen LogP contribution is -2.52. The lowest BCUT2D eigenvalue weighted by Gasteiger charge is -2.36. The number of alkyl halides is 1. The zero-order valence-corrected chi connectivity index (χ0v) is 10.8. The van der Waals surface area contributed by atoms with Crippen LogP contribution in [0.4, 0.5) is 4.39 Å². The minimum Gasteiger partial charge on any atom is -0.350 e. The monoisotopic (exact) mass is 242 g/mol. The van der Waals surface area contributed by atoms with Crippen molar-refractivity contribution < 1.29 is 9.18 Å². The lowest BCUT2D eigenvalue weighted by atomic mass is 9.83. The molecule has 0 spiro atoms. The first-order valence-corrected chi connectivity index (χ1v) is 6.66. The first-order valence-electron chi connectivity index (χ1n) is 6.66. The molecule has 0 aromatic rings. The maximum Gasteiger partial charge on any atom is 0.237 e. The highest BCUT2D eigenvalue weighted by atomic mass is 19.1. The number of nitrogens with one attached hydrogen (secondary N) is 1. The molecule has 3 nitrogen and oxygen atoms in total. The molecule has 2 rings (SSSR count). The van der Waals surface area contributed by atoms with E-state index < -0.39 is 6.17 Å². The van der Waals surface area contributed by atoms with Gasteiger partial charge in [0.25, 0.3) is 0 Å². The SMILES string of the molecule is CN1CC(F)CC1C(=O)NC1(C)CCCCC1. The highest BCUT2D eigenvalue weighted by Gasteiger charge is 2.37. The Morgan fingerprint density at radius 1 is 1.35 bits per heavy atom. The van der Waals surface area contributed by atoms with Gasteiger partial charge in [-0.25, -0.2) is 4.39 Å². The number of likely N-dealkylation sites (N-methyl/N-ethyl adjacent to an activating group) is 1. The van der Waals surface area contributed by atoms with Crippen molar-refractivity contribution in [3.8, 4) is 0 Å². The number of carbonyl (C=O) groups excluding carboxylic acids is 1. The fourth-order valence-electron chi connectivity index (χ4n) is 3.08. The van der Waals surface area contributed by atoms with Crippen molar-refractivity contribution in [3.05, 3.63) is 0 Å². The molecular weight excluding hydrogens is 219 g/mol. The number of amides is 1. The summed E-state index contributed by atoms with van der Waals surface area (Å²) in [6, 6.07) is -0.274. The average Bonchev–Trinajstić information content (AvgIpc) is 2.58. The minimum absolute atomic E-state index is 0.0112. The Bertz CT molecular complexity index is 289. The van der Waals surface area contributed by atoms with E-state index in [1.807, 2.05) is 11.9 Å². The van der Waals surface area contributed by atoms with Gasteiger partial charge < -0.3 is 5.32 Å². The summed E-state index contributed by atoms with van der Waals surface area (Å²) in [5.41, 5.74) is -0.0649. The van der Waals surface area contributed by atoms with Gasteiger partial charge in [0.2, 0.25) is 5.91 Å². The molecule has 98 valence electrons. The molecule has 4 heteroatoms. The molecule has 2 fully saturated rings. The average molecular weight is 242 g/mol. The van der Waals surface area contributed by atoms with Crippen molar-refractivity contribution in [1.29, 1.82) is 0 Å². The number of rotatable bonds is 2. The van der Waals surface area contributed by atoms with E-state index in [-0.39, 0.29) is 17.5 Å². The van der Waals surface area contributed by atoms with Crippen LogP contribution in [0.5, 0.6) is 0 Å². The highest BCUT2D eigenvalue weighted by molar-refractivity contribution is 5.82. The van der Waals surface area contributed by atoms with Crippen LogP contribution < -0.4 is 5.32 Å². The van der Waals surface area contributed by atoms with Gasteiger partial charge in [0.15, 0.2) is 0 Å². The summed E-state index contributed by atoms with van der Waals surface area (Å²) < 4.78 is 13.2. The fraction of sp³-hybridized carbons (Fsp3) is 0.923. The first-order chi connectivity index (χ1) is 8.00. The fourth-order valence-corrected chi connectivity index (χ4v) is 3.08. The maximum atomic E-state index is 13.2. The van der Waals surface area contributed by atoms with Gasteiger partial charge in [0, 0.05) is 18.5 Å². The van der Waals surface area contributed by atoms with Crippen molar-refractivity contribution in [2.45, 2.75) is 63.2 Å². The largest absolute Gasteiger partial charge is 0.350 e. The van der Waals surface area contributed by atoms with Gasteiger partial charge >= 0.3 is 0 Å². The van der Waals surface area contributed by atoms with Crippen LogP contribution in [0.1, 0.15) is 45.4 Å². The number of halogens is 1. The third kappa shape index (κ3) is 2.97. The van der Waals surface area contributed by atoms with E-state index >= 15 is 0 Å². The van der Waals surface area contributed by atoms with Crippen LogP contribution >= 0.6 is 0 Å². The van der Waals surface area contributed by atoms with E-state index in [0.29, 0.717) is 13.0 Å². The predicted octanol–water partition coefficient (Wildman–Crippen LogP) is 1.87. The van der Waals surface area contributed by atoms with Crippen LogP contribution in [0.2, 0.25) is 0 Å². The zero-order chi connectivity index (χ0) is 12.5. The summed E-state index contributed by atoms with van der Waals surface area (Å²) in [5, 5.41) is 3.14. The summed E-state index contributed by atoms with van der Waals surface area (Å²) in [6.45, 7) is 2.50.